The van der Waals surface area contributed by atoms with Crippen molar-refractivity contribution < 1.29 is 14.2 Å². The van der Waals surface area contributed by atoms with Crippen molar-refractivity contribution in [3.8, 4) is 0 Å². The number of ether oxygens (including phenoxy) is 3. The Labute approximate surface area is 204 Å². The fraction of sp³-hybridized carbons (Fsp3) is 0.800. The van der Waals surface area contributed by atoms with Crippen LogP contribution in [0.1, 0.15) is 116 Å². The Hall–Kier alpha value is -0.900. The predicted molar refractivity (Wildman–Crippen MR) is 137 cm³/mol. The lowest BCUT2D eigenvalue weighted by Gasteiger charge is -2.42. The van der Waals surface area contributed by atoms with Gasteiger partial charge in [-0.3, -0.25) is 0 Å². The van der Waals surface area contributed by atoms with Crippen LogP contribution in [0.5, 0.6) is 0 Å². The highest BCUT2D eigenvalue weighted by atomic mass is 16.7. The van der Waals surface area contributed by atoms with E-state index in [0.29, 0.717) is 18.1 Å². The summed E-state index contributed by atoms with van der Waals surface area (Å²) in [5.41, 5.74) is 1.21. The van der Waals surface area contributed by atoms with Crippen molar-refractivity contribution in [3.63, 3.8) is 0 Å². The monoisotopic (exact) mass is 458 g/mol. The normalized spacial score (nSPS) is 23.3. The lowest BCUT2D eigenvalue weighted by atomic mass is 9.79. The van der Waals surface area contributed by atoms with E-state index in [9.17, 15) is 0 Å². The first-order valence-corrected chi connectivity index (χ1v) is 14.2. The van der Waals surface area contributed by atoms with Gasteiger partial charge in [-0.05, 0) is 57.3 Å². The molecule has 1 aliphatic heterocycles. The van der Waals surface area contributed by atoms with Crippen LogP contribution in [0.25, 0.3) is 0 Å². The Morgan fingerprint density at radius 3 is 2.18 bits per heavy atom. The Morgan fingerprint density at radius 2 is 1.52 bits per heavy atom. The average molecular weight is 459 g/mol. The third-order valence-electron chi connectivity index (χ3n) is 7.70. The molecule has 1 heterocycles. The zero-order valence-corrected chi connectivity index (χ0v) is 21.7. The van der Waals surface area contributed by atoms with Crippen molar-refractivity contribution in [3.05, 3.63) is 35.9 Å². The first kappa shape index (κ1) is 26.7. The van der Waals surface area contributed by atoms with Gasteiger partial charge in [-0.1, -0.05) is 89.6 Å². The summed E-state index contributed by atoms with van der Waals surface area (Å²) in [7, 11) is 0. The first-order chi connectivity index (χ1) is 16.2. The SMILES string of the molecule is CCCCCCCCC(CCC1CCC2OC2C1)C(OCCC)(OCCC)c1ccccc1. The molecular formula is C30H50O3. The summed E-state index contributed by atoms with van der Waals surface area (Å²) in [6, 6.07) is 10.8. The van der Waals surface area contributed by atoms with Gasteiger partial charge in [0.05, 0.1) is 25.4 Å². The Kier molecular flexibility index (Phi) is 11.7. The quantitative estimate of drug-likeness (QED) is 0.126. The fourth-order valence-corrected chi connectivity index (χ4v) is 5.74. The zero-order chi connectivity index (χ0) is 23.4. The molecule has 4 unspecified atom stereocenters. The van der Waals surface area contributed by atoms with Gasteiger partial charge in [0.1, 0.15) is 0 Å². The number of epoxide rings is 1. The minimum Gasteiger partial charge on any atom is -0.370 e. The van der Waals surface area contributed by atoms with Crippen molar-refractivity contribution >= 4 is 0 Å². The van der Waals surface area contributed by atoms with Crippen molar-refractivity contribution in [1.29, 1.82) is 0 Å². The van der Waals surface area contributed by atoms with Gasteiger partial charge >= 0.3 is 0 Å². The molecule has 4 atom stereocenters. The first-order valence-electron chi connectivity index (χ1n) is 14.2. The van der Waals surface area contributed by atoms with E-state index in [1.54, 1.807) is 0 Å². The molecule has 0 bridgehead atoms. The van der Waals surface area contributed by atoms with E-state index in [2.05, 4.69) is 51.1 Å². The van der Waals surface area contributed by atoms with Gasteiger partial charge in [0, 0.05) is 11.5 Å². The molecule has 2 aliphatic rings. The van der Waals surface area contributed by atoms with E-state index in [1.165, 1.54) is 82.6 Å². The lowest BCUT2D eigenvalue weighted by molar-refractivity contribution is -0.281. The largest absolute Gasteiger partial charge is 0.370 e. The van der Waals surface area contributed by atoms with Gasteiger partial charge < -0.3 is 14.2 Å². The van der Waals surface area contributed by atoms with Crippen molar-refractivity contribution in [2.75, 3.05) is 13.2 Å². The van der Waals surface area contributed by atoms with E-state index in [4.69, 9.17) is 14.2 Å². The molecule has 1 aromatic carbocycles. The highest BCUT2D eigenvalue weighted by molar-refractivity contribution is 5.21. The molecule has 188 valence electrons. The van der Waals surface area contributed by atoms with Gasteiger partial charge in [0.2, 0.25) is 0 Å². The maximum Gasteiger partial charge on any atom is 0.197 e. The number of benzene rings is 1. The zero-order valence-electron chi connectivity index (χ0n) is 21.7. The average Bonchev–Trinajstić information content (AvgIpc) is 3.63. The lowest BCUT2D eigenvalue weighted by Crippen LogP contribution is -2.42. The van der Waals surface area contributed by atoms with Gasteiger partial charge in [0.25, 0.3) is 0 Å². The molecule has 3 heteroatoms. The van der Waals surface area contributed by atoms with Gasteiger partial charge in [-0.15, -0.1) is 0 Å². The van der Waals surface area contributed by atoms with Crippen LogP contribution >= 0.6 is 0 Å². The van der Waals surface area contributed by atoms with E-state index < -0.39 is 5.79 Å². The maximum atomic E-state index is 6.75. The number of hydrogen-bond acceptors (Lipinski definition) is 3. The third kappa shape index (κ3) is 8.08. The van der Waals surface area contributed by atoms with Crippen LogP contribution in [0.2, 0.25) is 0 Å². The molecular weight excluding hydrogens is 408 g/mol. The maximum absolute atomic E-state index is 6.75. The van der Waals surface area contributed by atoms with E-state index in [1.807, 2.05) is 0 Å². The topological polar surface area (TPSA) is 31.0 Å². The molecule has 1 aliphatic carbocycles. The van der Waals surface area contributed by atoms with Gasteiger partial charge in [-0.2, -0.15) is 0 Å². The van der Waals surface area contributed by atoms with Crippen LogP contribution in [0.3, 0.4) is 0 Å². The number of fused-ring (bicyclic) bond motifs is 1. The summed E-state index contributed by atoms with van der Waals surface area (Å²) < 4.78 is 19.3. The number of rotatable bonds is 18. The van der Waals surface area contributed by atoms with E-state index in [0.717, 1.165) is 32.0 Å². The van der Waals surface area contributed by atoms with Gasteiger partial charge in [0.15, 0.2) is 5.79 Å². The summed E-state index contributed by atoms with van der Waals surface area (Å²) in [5, 5.41) is 0. The molecule has 3 rings (SSSR count). The summed E-state index contributed by atoms with van der Waals surface area (Å²) in [4.78, 5) is 0. The highest BCUT2D eigenvalue weighted by Gasteiger charge is 2.45. The van der Waals surface area contributed by atoms with Crippen LogP contribution in [0.4, 0.5) is 0 Å². The Bertz CT molecular complexity index is 623. The Balaban J connectivity index is 1.75. The van der Waals surface area contributed by atoms with Crippen molar-refractivity contribution in [2.45, 2.75) is 129 Å². The molecule has 33 heavy (non-hydrogen) atoms. The summed E-state index contributed by atoms with van der Waals surface area (Å²) in [6.07, 6.45) is 18.6. The molecule has 0 radical (unpaired) electrons. The summed E-state index contributed by atoms with van der Waals surface area (Å²) in [6.45, 7) is 8.18. The molecule has 2 fully saturated rings. The molecule has 1 saturated carbocycles. The minimum atomic E-state index is -0.621. The van der Waals surface area contributed by atoms with Crippen LogP contribution in [0.15, 0.2) is 30.3 Å². The van der Waals surface area contributed by atoms with Gasteiger partial charge in [-0.25, -0.2) is 0 Å². The minimum absolute atomic E-state index is 0.391. The molecule has 0 N–H and O–H groups in total. The second-order valence-electron chi connectivity index (χ2n) is 10.5. The standard InChI is InChI=1S/C30H50O3/c1-4-7-8-9-10-12-17-27(20-18-25-19-21-28-29(24-25)33-28)30(31-22-5-2,32-23-6-3)26-15-13-11-14-16-26/h11,13-16,25,27-29H,4-10,12,17-24H2,1-3H3. The van der Waals surface area contributed by atoms with Crippen molar-refractivity contribution in [2.24, 2.45) is 11.8 Å². The van der Waals surface area contributed by atoms with Crippen LogP contribution in [-0.4, -0.2) is 25.4 Å². The van der Waals surface area contributed by atoms with Crippen LogP contribution in [0, 0.1) is 11.8 Å². The van der Waals surface area contributed by atoms with E-state index >= 15 is 0 Å². The van der Waals surface area contributed by atoms with E-state index in [-0.39, 0.29) is 0 Å². The second kappa shape index (κ2) is 14.5. The third-order valence-corrected chi connectivity index (χ3v) is 7.70. The molecule has 0 aromatic heterocycles. The van der Waals surface area contributed by atoms with Crippen molar-refractivity contribution in [1.82, 2.24) is 0 Å². The fourth-order valence-electron chi connectivity index (χ4n) is 5.74. The van der Waals surface area contributed by atoms with Crippen LogP contribution < -0.4 is 0 Å². The number of unbranched alkanes of at least 4 members (excludes halogenated alkanes) is 5. The molecule has 1 saturated heterocycles. The smallest absolute Gasteiger partial charge is 0.197 e. The molecule has 1 aromatic rings. The molecule has 3 nitrogen and oxygen atoms in total. The highest BCUT2D eigenvalue weighted by Crippen LogP contribution is 2.45. The van der Waals surface area contributed by atoms with Crippen LogP contribution in [-0.2, 0) is 20.0 Å². The molecule has 0 spiro atoms. The molecule has 0 amide bonds. The second-order valence-corrected chi connectivity index (χ2v) is 10.5. The number of hydrogen-bond donors (Lipinski definition) is 0. The predicted octanol–water partition coefficient (Wildman–Crippen LogP) is 8.41. The summed E-state index contributed by atoms with van der Waals surface area (Å²) in [5.74, 6) is 0.568. The summed E-state index contributed by atoms with van der Waals surface area (Å²) >= 11 is 0. The Morgan fingerprint density at radius 1 is 0.818 bits per heavy atom.